The Morgan fingerprint density at radius 3 is 2.73 bits per heavy atom. The van der Waals surface area contributed by atoms with E-state index in [2.05, 4.69) is 15.6 Å². The van der Waals surface area contributed by atoms with Crippen molar-refractivity contribution >= 4 is 21.6 Å². The van der Waals surface area contributed by atoms with Crippen molar-refractivity contribution in [2.45, 2.75) is 18.1 Å². The number of hydrazine groups is 1. The molecule has 1 amide bonds. The second-order valence-corrected chi connectivity index (χ2v) is 8.89. The van der Waals surface area contributed by atoms with E-state index in [9.17, 15) is 17.6 Å². The standard InChI is InChI=1S/C19H23FN4O5S/c1-12-10-13(2-3-15(12)20)23-30(26,27)17-5-4-16(29-17)18-14(11-21-22-18)19(25)24-6-8-28-9-7-24/h2-5,10,14,18,21-23H,6-9,11H2,1H3. The molecule has 2 unspecified atom stereocenters. The molecule has 30 heavy (non-hydrogen) atoms. The van der Waals surface area contributed by atoms with E-state index < -0.39 is 27.8 Å². The predicted octanol–water partition coefficient (Wildman–Crippen LogP) is 1.15. The fraction of sp³-hybridized carbons (Fsp3) is 0.421. The first-order valence-corrected chi connectivity index (χ1v) is 11.1. The average Bonchev–Trinajstić information content (AvgIpc) is 3.40. The number of morpholine rings is 1. The number of ether oxygens (including phenoxy) is 1. The first-order valence-electron chi connectivity index (χ1n) is 9.59. The molecule has 2 aliphatic heterocycles. The molecular formula is C19H23FN4O5S. The van der Waals surface area contributed by atoms with Gasteiger partial charge in [-0.3, -0.25) is 14.9 Å². The van der Waals surface area contributed by atoms with Crippen LogP contribution in [-0.2, 0) is 19.6 Å². The van der Waals surface area contributed by atoms with E-state index in [0.29, 0.717) is 44.2 Å². The highest BCUT2D eigenvalue weighted by Crippen LogP contribution is 2.30. The molecule has 3 N–H and O–H groups in total. The zero-order chi connectivity index (χ0) is 21.3. The van der Waals surface area contributed by atoms with Gasteiger partial charge in [0.2, 0.25) is 11.0 Å². The van der Waals surface area contributed by atoms with Crippen molar-refractivity contribution in [1.82, 2.24) is 15.8 Å². The number of nitrogens with zero attached hydrogens (tertiary/aromatic N) is 1. The molecule has 2 atom stereocenters. The number of carbonyl (C=O) groups excluding carboxylic acids is 1. The summed E-state index contributed by atoms with van der Waals surface area (Å²) in [5, 5.41) is -0.286. The van der Waals surface area contributed by atoms with Gasteiger partial charge in [-0.05, 0) is 42.8 Å². The fourth-order valence-corrected chi connectivity index (χ4v) is 4.57. The highest BCUT2D eigenvalue weighted by molar-refractivity contribution is 7.92. The molecule has 162 valence electrons. The zero-order valence-electron chi connectivity index (χ0n) is 16.4. The third-order valence-corrected chi connectivity index (χ3v) is 6.46. The summed E-state index contributed by atoms with van der Waals surface area (Å²) in [5.41, 5.74) is 6.49. The number of amides is 1. The highest BCUT2D eigenvalue weighted by Gasteiger charge is 2.39. The normalized spacial score (nSPS) is 22.3. The van der Waals surface area contributed by atoms with Gasteiger partial charge < -0.3 is 14.1 Å². The summed E-state index contributed by atoms with van der Waals surface area (Å²) in [7, 11) is -4.01. The third-order valence-electron chi connectivity index (χ3n) is 5.21. The molecule has 2 aliphatic rings. The molecule has 2 saturated heterocycles. The van der Waals surface area contributed by atoms with Crippen LogP contribution in [-0.4, -0.2) is 52.1 Å². The van der Waals surface area contributed by atoms with Crippen molar-refractivity contribution in [2.24, 2.45) is 5.92 Å². The van der Waals surface area contributed by atoms with Crippen molar-refractivity contribution in [3.8, 4) is 0 Å². The summed E-state index contributed by atoms with van der Waals surface area (Å²) >= 11 is 0. The Bertz CT molecular complexity index is 1040. The first kappa shape index (κ1) is 20.8. The summed E-state index contributed by atoms with van der Waals surface area (Å²) < 4.78 is 52.0. The van der Waals surface area contributed by atoms with Crippen LogP contribution in [0.4, 0.5) is 10.1 Å². The molecule has 0 bridgehead atoms. The number of hydrogen-bond donors (Lipinski definition) is 3. The van der Waals surface area contributed by atoms with Crippen LogP contribution in [0, 0.1) is 18.7 Å². The van der Waals surface area contributed by atoms with Crippen LogP contribution < -0.4 is 15.6 Å². The monoisotopic (exact) mass is 438 g/mol. The predicted molar refractivity (Wildman–Crippen MR) is 105 cm³/mol. The molecule has 9 nitrogen and oxygen atoms in total. The Balaban J connectivity index is 1.50. The topological polar surface area (TPSA) is 113 Å². The van der Waals surface area contributed by atoms with E-state index in [1.54, 1.807) is 11.8 Å². The van der Waals surface area contributed by atoms with Gasteiger partial charge in [0.05, 0.1) is 25.2 Å². The minimum absolute atomic E-state index is 0.0403. The Hall–Kier alpha value is -2.47. The largest absolute Gasteiger partial charge is 0.446 e. The lowest BCUT2D eigenvalue weighted by molar-refractivity contribution is -0.139. The van der Waals surface area contributed by atoms with Gasteiger partial charge in [-0.2, -0.15) is 8.42 Å². The maximum atomic E-state index is 13.4. The van der Waals surface area contributed by atoms with E-state index >= 15 is 0 Å². The van der Waals surface area contributed by atoms with Crippen LogP contribution in [0.15, 0.2) is 39.8 Å². The smallest absolute Gasteiger partial charge is 0.295 e. The Labute approximate surface area is 173 Å². The van der Waals surface area contributed by atoms with Crippen molar-refractivity contribution in [2.75, 3.05) is 37.6 Å². The van der Waals surface area contributed by atoms with Gasteiger partial charge >= 0.3 is 0 Å². The molecule has 2 fully saturated rings. The molecule has 0 radical (unpaired) electrons. The van der Waals surface area contributed by atoms with Crippen LogP contribution in [0.1, 0.15) is 17.4 Å². The molecule has 1 aromatic heterocycles. The molecule has 0 spiro atoms. The van der Waals surface area contributed by atoms with Crippen molar-refractivity contribution in [3.63, 3.8) is 0 Å². The Morgan fingerprint density at radius 2 is 2.00 bits per heavy atom. The quantitative estimate of drug-likeness (QED) is 0.642. The number of hydrogen-bond acceptors (Lipinski definition) is 7. The number of rotatable bonds is 5. The van der Waals surface area contributed by atoms with E-state index in [1.165, 1.54) is 30.3 Å². The van der Waals surface area contributed by atoms with E-state index in [1.807, 2.05) is 0 Å². The minimum atomic E-state index is -4.01. The highest BCUT2D eigenvalue weighted by atomic mass is 32.2. The summed E-state index contributed by atoms with van der Waals surface area (Å²) in [6, 6.07) is 6.30. The fourth-order valence-electron chi connectivity index (χ4n) is 3.57. The lowest BCUT2D eigenvalue weighted by Gasteiger charge is -2.30. The van der Waals surface area contributed by atoms with Crippen molar-refractivity contribution < 1.29 is 26.8 Å². The Morgan fingerprint density at radius 1 is 1.23 bits per heavy atom. The summed E-state index contributed by atoms with van der Waals surface area (Å²) in [5.74, 6) is -0.560. The number of furan rings is 1. The van der Waals surface area contributed by atoms with E-state index in [-0.39, 0.29) is 16.7 Å². The lowest BCUT2D eigenvalue weighted by atomic mass is 9.98. The number of sulfonamides is 1. The minimum Gasteiger partial charge on any atom is -0.446 e. The SMILES string of the molecule is Cc1cc(NS(=O)(=O)c2ccc(C3NNCC3C(=O)N3CCOCC3)o2)ccc1F. The molecule has 11 heteroatoms. The van der Waals surface area contributed by atoms with E-state index in [4.69, 9.17) is 9.15 Å². The van der Waals surface area contributed by atoms with Gasteiger partial charge in [0.15, 0.2) is 0 Å². The molecule has 2 aromatic rings. The van der Waals surface area contributed by atoms with Crippen molar-refractivity contribution in [1.29, 1.82) is 0 Å². The van der Waals surface area contributed by atoms with Crippen LogP contribution in [0.2, 0.25) is 0 Å². The maximum Gasteiger partial charge on any atom is 0.295 e. The van der Waals surface area contributed by atoms with Gasteiger partial charge in [-0.1, -0.05) is 0 Å². The molecule has 0 saturated carbocycles. The molecular weight excluding hydrogens is 415 g/mol. The van der Waals surface area contributed by atoms with Crippen molar-refractivity contribution in [3.05, 3.63) is 47.5 Å². The van der Waals surface area contributed by atoms with Gasteiger partial charge in [-0.25, -0.2) is 9.82 Å². The summed E-state index contributed by atoms with van der Waals surface area (Å²) in [4.78, 5) is 14.6. The summed E-state index contributed by atoms with van der Waals surface area (Å²) in [6.45, 7) is 4.00. The van der Waals surface area contributed by atoms with Crippen LogP contribution in [0.3, 0.4) is 0 Å². The number of benzene rings is 1. The van der Waals surface area contributed by atoms with Gasteiger partial charge in [0, 0.05) is 25.3 Å². The number of carbonyl (C=O) groups is 1. The Kier molecular flexibility index (Phi) is 5.78. The molecule has 1 aromatic carbocycles. The van der Waals surface area contributed by atoms with Gasteiger partial charge in [0.1, 0.15) is 11.6 Å². The average molecular weight is 438 g/mol. The number of anilines is 1. The number of halogens is 1. The number of nitrogens with one attached hydrogen (secondary N) is 3. The third kappa shape index (κ3) is 4.19. The molecule has 4 rings (SSSR count). The second-order valence-electron chi connectivity index (χ2n) is 7.27. The van der Waals surface area contributed by atoms with E-state index in [0.717, 1.165) is 0 Å². The van der Waals surface area contributed by atoms with Gasteiger partial charge in [0.25, 0.3) is 10.0 Å². The van der Waals surface area contributed by atoms with Gasteiger partial charge in [-0.15, -0.1) is 0 Å². The molecule has 0 aliphatic carbocycles. The van der Waals surface area contributed by atoms with Crippen LogP contribution in [0.25, 0.3) is 0 Å². The first-order chi connectivity index (χ1) is 14.3. The second kappa shape index (κ2) is 8.34. The zero-order valence-corrected chi connectivity index (χ0v) is 17.2. The lowest BCUT2D eigenvalue weighted by Crippen LogP contribution is -2.45. The van der Waals surface area contributed by atoms with Crippen LogP contribution in [0.5, 0.6) is 0 Å². The maximum absolute atomic E-state index is 13.4. The van der Waals surface area contributed by atoms with Crippen LogP contribution >= 0.6 is 0 Å². The molecule has 3 heterocycles. The summed E-state index contributed by atoms with van der Waals surface area (Å²) in [6.07, 6.45) is 0. The number of aryl methyl sites for hydroxylation is 1.